The maximum atomic E-state index is 14.9. The fraction of sp³-hybridized carbons (Fsp3) is 0.400. The average Bonchev–Trinajstić information content (AvgIpc) is 3.65. The smallest absolute Gasteiger partial charge is 0.283 e. The number of likely N-dealkylation sites (tertiary alicyclic amines) is 1. The molecule has 15 heteroatoms. The van der Waals surface area contributed by atoms with Crippen molar-refractivity contribution in [2.45, 2.75) is 68.8 Å². The molecule has 3 aromatic heterocycles. The number of alkyl halides is 2. The average molecular weight is 821 g/mol. The molecular formula is C45H46F2N6O7. The fourth-order valence-corrected chi connectivity index (χ4v) is 8.66. The number of hydrogen-bond donors (Lipinski definition) is 1. The number of carbonyl (C=O) groups excluding carboxylic acids is 3. The maximum absolute atomic E-state index is 14.9. The van der Waals surface area contributed by atoms with Crippen LogP contribution in [0.25, 0.3) is 32.9 Å². The van der Waals surface area contributed by atoms with Crippen molar-refractivity contribution in [2.24, 2.45) is 7.05 Å². The van der Waals surface area contributed by atoms with Gasteiger partial charge < -0.3 is 28.8 Å². The number of amides is 3. The topological polar surface area (TPSA) is 137 Å². The standard InChI is InChI=1S/C45H46F2N6O7/c1-27-3-9-39(42(54)50-27)53-43(55)35-8-6-31(22-36(35)44(53)56)58-18-17-57-26-45(46,47)25-52-15-12-30(13-16-52)59-32-20-33(21-32)60-41-10-5-29(23-49-41)28-4-7-34-37-24-48-14-11-38(37)51(2)40(34)19-28/h4-8,10-11,14,19,22-24,30,32-33,39H,1,3,9,12-13,15-18,20-21,25-26H2,2H3,(H,50,54). The third-order valence-electron chi connectivity index (χ3n) is 11.9. The van der Waals surface area contributed by atoms with Crippen LogP contribution in [0.2, 0.25) is 0 Å². The molecule has 0 spiro atoms. The van der Waals surface area contributed by atoms with Crippen LogP contribution in [0.1, 0.15) is 59.2 Å². The first kappa shape index (κ1) is 39.7. The Morgan fingerprint density at radius 1 is 0.850 bits per heavy atom. The van der Waals surface area contributed by atoms with Gasteiger partial charge in [0.15, 0.2) is 0 Å². The third-order valence-corrected chi connectivity index (χ3v) is 11.9. The molecule has 2 aromatic carbocycles. The zero-order chi connectivity index (χ0) is 41.5. The molecule has 3 aliphatic heterocycles. The SMILES string of the molecule is C=C1CCC(N2C(=O)c3ccc(OCCOCC(F)(F)CN4CCC(OC5CC(Oc6ccc(-c7ccc8c9cnccc9n(C)c8c7)cn6)C5)CC4)cc3C2=O)C(=O)N1. The molecule has 2 saturated heterocycles. The monoisotopic (exact) mass is 820 g/mol. The minimum absolute atomic E-state index is 0.0185. The highest BCUT2D eigenvalue weighted by molar-refractivity contribution is 6.23. The van der Waals surface area contributed by atoms with Crippen LogP contribution in [0.5, 0.6) is 11.6 Å². The number of nitrogens with zero attached hydrogens (tertiary/aromatic N) is 5. The first-order valence-electron chi connectivity index (χ1n) is 20.4. The number of halogens is 2. The van der Waals surface area contributed by atoms with E-state index in [0.29, 0.717) is 50.3 Å². The highest BCUT2D eigenvalue weighted by atomic mass is 19.3. The normalized spacial score (nSPS) is 21.4. The Labute approximate surface area is 345 Å². The number of rotatable bonds is 14. The molecule has 3 amide bonds. The van der Waals surface area contributed by atoms with E-state index in [9.17, 15) is 23.2 Å². The lowest BCUT2D eigenvalue weighted by molar-refractivity contribution is -0.125. The van der Waals surface area contributed by atoms with Gasteiger partial charge in [0, 0.05) is 85.2 Å². The van der Waals surface area contributed by atoms with Crippen molar-refractivity contribution in [1.29, 1.82) is 0 Å². The summed E-state index contributed by atoms with van der Waals surface area (Å²) in [5, 5.41) is 4.90. The maximum Gasteiger partial charge on any atom is 0.283 e. The Hall–Kier alpha value is -5.77. The van der Waals surface area contributed by atoms with E-state index in [2.05, 4.69) is 51.7 Å². The first-order valence-corrected chi connectivity index (χ1v) is 20.4. The minimum atomic E-state index is -3.05. The van der Waals surface area contributed by atoms with Crippen molar-refractivity contribution >= 4 is 39.5 Å². The number of piperidine rings is 2. The number of nitrogens with one attached hydrogen (secondary N) is 1. The van der Waals surface area contributed by atoms with Crippen LogP contribution in [-0.4, -0.2) is 112 Å². The molecule has 1 N–H and O–H groups in total. The molecular weight excluding hydrogens is 775 g/mol. The number of carbonyl (C=O) groups is 3. The van der Waals surface area contributed by atoms with Gasteiger partial charge in [-0.05, 0) is 67.6 Å². The summed E-state index contributed by atoms with van der Waals surface area (Å²) in [5.74, 6) is -3.76. The van der Waals surface area contributed by atoms with Gasteiger partial charge in [0.25, 0.3) is 17.7 Å². The van der Waals surface area contributed by atoms with E-state index in [1.165, 1.54) is 23.6 Å². The fourth-order valence-electron chi connectivity index (χ4n) is 8.66. The third kappa shape index (κ3) is 8.08. The Bertz CT molecular complexity index is 2460. The zero-order valence-electron chi connectivity index (χ0n) is 33.3. The molecule has 4 aliphatic rings. The Morgan fingerprint density at radius 3 is 2.43 bits per heavy atom. The van der Waals surface area contributed by atoms with Crippen molar-refractivity contribution in [3.05, 3.63) is 96.6 Å². The van der Waals surface area contributed by atoms with E-state index < -0.39 is 42.8 Å². The number of fused-ring (bicyclic) bond motifs is 4. The number of hydrogen-bond acceptors (Lipinski definition) is 10. The molecule has 5 aromatic rings. The van der Waals surface area contributed by atoms with E-state index in [0.717, 1.165) is 45.3 Å². The molecule has 1 saturated carbocycles. The number of aromatic nitrogens is 3. The van der Waals surface area contributed by atoms with Crippen LogP contribution >= 0.6 is 0 Å². The number of allylic oxidation sites excluding steroid dienone is 1. The summed E-state index contributed by atoms with van der Waals surface area (Å²) in [5.41, 5.74) is 5.21. The van der Waals surface area contributed by atoms with E-state index in [1.54, 1.807) is 4.90 Å². The molecule has 0 bridgehead atoms. The van der Waals surface area contributed by atoms with E-state index in [-0.39, 0.29) is 48.4 Å². The summed E-state index contributed by atoms with van der Waals surface area (Å²) >= 11 is 0. The highest BCUT2D eigenvalue weighted by Gasteiger charge is 2.44. The number of imide groups is 1. The van der Waals surface area contributed by atoms with Crippen LogP contribution in [0, 0.1) is 0 Å². The predicted molar refractivity (Wildman–Crippen MR) is 218 cm³/mol. The summed E-state index contributed by atoms with van der Waals surface area (Å²) in [6.07, 6.45) is 9.30. The number of ether oxygens (including phenoxy) is 4. The van der Waals surface area contributed by atoms with Gasteiger partial charge in [0.05, 0.1) is 42.0 Å². The minimum Gasteiger partial charge on any atom is -0.491 e. The van der Waals surface area contributed by atoms with Crippen LogP contribution in [-0.2, 0) is 21.3 Å². The molecule has 312 valence electrons. The Balaban J connectivity index is 0.658. The molecule has 13 nitrogen and oxygen atoms in total. The number of aryl methyl sites for hydroxylation is 1. The van der Waals surface area contributed by atoms with E-state index in [1.807, 2.05) is 36.8 Å². The lowest BCUT2D eigenvalue weighted by Crippen LogP contribution is -2.51. The largest absolute Gasteiger partial charge is 0.491 e. The van der Waals surface area contributed by atoms with Gasteiger partial charge in [0.2, 0.25) is 11.8 Å². The molecule has 6 heterocycles. The first-order chi connectivity index (χ1) is 29.0. The summed E-state index contributed by atoms with van der Waals surface area (Å²) in [6, 6.07) is 15.9. The van der Waals surface area contributed by atoms with E-state index in [4.69, 9.17) is 18.9 Å². The summed E-state index contributed by atoms with van der Waals surface area (Å²) in [6.45, 7) is 3.46. The van der Waals surface area contributed by atoms with Crippen LogP contribution < -0.4 is 14.8 Å². The lowest BCUT2D eigenvalue weighted by Gasteiger charge is -2.40. The molecule has 9 rings (SSSR count). The Kier molecular flexibility index (Phi) is 10.8. The molecule has 60 heavy (non-hydrogen) atoms. The van der Waals surface area contributed by atoms with Crippen LogP contribution in [0.4, 0.5) is 8.78 Å². The number of benzene rings is 2. The summed E-state index contributed by atoms with van der Waals surface area (Å²) in [4.78, 5) is 50.1. The molecule has 3 fully saturated rings. The Morgan fingerprint density at radius 2 is 1.65 bits per heavy atom. The van der Waals surface area contributed by atoms with Gasteiger partial charge in [-0.25, -0.2) is 13.8 Å². The van der Waals surface area contributed by atoms with Crippen LogP contribution in [0.15, 0.2) is 85.5 Å². The quantitative estimate of drug-likeness (QED) is 0.100. The predicted octanol–water partition coefficient (Wildman–Crippen LogP) is 6.30. The van der Waals surface area contributed by atoms with Crippen LogP contribution in [0.3, 0.4) is 0 Å². The second kappa shape index (κ2) is 16.4. The zero-order valence-corrected chi connectivity index (χ0v) is 33.3. The van der Waals surface area contributed by atoms with Crippen molar-refractivity contribution in [3.8, 4) is 22.8 Å². The lowest BCUT2D eigenvalue weighted by atomic mass is 9.91. The van der Waals surface area contributed by atoms with Crippen molar-refractivity contribution in [3.63, 3.8) is 0 Å². The van der Waals surface area contributed by atoms with Crippen molar-refractivity contribution in [2.75, 3.05) is 39.5 Å². The molecule has 1 unspecified atom stereocenters. The second-order valence-electron chi connectivity index (χ2n) is 16.1. The molecule has 1 atom stereocenters. The van der Waals surface area contributed by atoms with Crippen molar-refractivity contribution in [1.82, 2.24) is 29.7 Å². The highest BCUT2D eigenvalue weighted by Crippen LogP contribution is 2.35. The second-order valence-corrected chi connectivity index (χ2v) is 16.1. The van der Waals surface area contributed by atoms with Gasteiger partial charge in [0.1, 0.15) is 31.1 Å². The van der Waals surface area contributed by atoms with E-state index >= 15 is 0 Å². The number of pyridine rings is 2. The van der Waals surface area contributed by atoms with Gasteiger partial charge in [-0.3, -0.25) is 29.2 Å². The van der Waals surface area contributed by atoms with Gasteiger partial charge in [-0.15, -0.1) is 0 Å². The van der Waals surface area contributed by atoms with Crippen molar-refractivity contribution < 1.29 is 42.1 Å². The molecule has 0 radical (unpaired) electrons. The van der Waals surface area contributed by atoms with Gasteiger partial charge in [-0.2, -0.15) is 0 Å². The molecule has 1 aliphatic carbocycles. The summed E-state index contributed by atoms with van der Waals surface area (Å²) < 4.78 is 55.3. The van der Waals surface area contributed by atoms with Gasteiger partial charge >= 0.3 is 0 Å². The van der Waals surface area contributed by atoms with Gasteiger partial charge in [-0.1, -0.05) is 18.7 Å². The summed E-state index contributed by atoms with van der Waals surface area (Å²) in [7, 11) is 2.06.